The van der Waals surface area contributed by atoms with E-state index in [9.17, 15) is 23.1 Å². The first kappa shape index (κ1) is 21.4. The third-order valence-corrected chi connectivity index (χ3v) is 4.13. The normalized spacial score (nSPS) is 11.9. The highest BCUT2D eigenvalue weighted by Gasteiger charge is 2.20. The third-order valence-electron chi connectivity index (χ3n) is 3.46. The summed E-state index contributed by atoms with van der Waals surface area (Å²) in [6.07, 6.45) is -0.959. The fraction of sp³-hybridized carbons (Fsp3) is 0.235. The van der Waals surface area contributed by atoms with E-state index in [1.54, 1.807) is 6.07 Å². The Kier molecular flexibility index (Phi) is 7.83. The van der Waals surface area contributed by atoms with E-state index >= 15 is 0 Å². The van der Waals surface area contributed by atoms with Gasteiger partial charge in [-0.05, 0) is 52.9 Å². The lowest BCUT2D eigenvalue weighted by atomic mass is 10.1. The van der Waals surface area contributed by atoms with Gasteiger partial charge in [0.05, 0.1) is 36.3 Å². The summed E-state index contributed by atoms with van der Waals surface area (Å²) in [5.41, 5.74) is 1.02. The van der Waals surface area contributed by atoms with Crippen LogP contribution in [0.2, 0.25) is 0 Å². The quantitative estimate of drug-likeness (QED) is 0.257. The topological polar surface area (TPSA) is 90.8 Å². The maximum atomic E-state index is 14.2. The number of hydroxylamine groups is 1. The van der Waals surface area contributed by atoms with Crippen molar-refractivity contribution >= 4 is 39.9 Å². The van der Waals surface area contributed by atoms with E-state index in [4.69, 9.17) is 9.94 Å². The van der Waals surface area contributed by atoms with Crippen LogP contribution in [-0.4, -0.2) is 35.4 Å². The molecule has 0 heterocycles. The highest BCUT2D eigenvalue weighted by Crippen LogP contribution is 2.28. The van der Waals surface area contributed by atoms with Gasteiger partial charge in [0.25, 0.3) is 5.91 Å². The minimum Gasteiger partial charge on any atom is -0.394 e. The van der Waals surface area contributed by atoms with Crippen LogP contribution in [0.5, 0.6) is 0 Å². The summed E-state index contributed by atoms with van der Waals surface area (Å²) >= 11 is 1.89. The Balaban J connectivity index is 2.19. The highest BCUT2D eigenvalue weighted by molar-refractivity contribution is 14.1. The number of benzene rings is 2. The number of hydrogen-bond donors (Lipinski definition) is 4. The number of aliphatic hydroxyl groups is 2. The monoisotopic (exact) mass is 496 g/mol. The van der Waals surface area contributed by atoms with Crippen molar-refractivity contribution in [1.29, 1.82) is 0 Å². The molecule has 27 heavy (non-hydrogen) atoms. The van der Waals surface area contributed by atoms with Crippen molar-refractivity contribution < 1.29 is 33.0 Å². The predicted octanol–water partition coefficient (Wildman–Crippen LogP) is 2.86. The summed E-state index contributed by atoms with van der Waals surface area (Å²) in [5.74, 6) is -4.17. The van der Waals surface area contributed by atoms with Crippen LogP contribution in [-0.2, 0) is 4.84 Å². The number of aliphatic hydroxyl groups excluding tert-OH is 2. The van der Waals surface area contributed by atoms with Gasteiger partial charge in [0.15, 0.2) is 11.6 Å². The van der Waals surface area contributed by atoms with Gasteiger partial charge in [0, 0.05) is 9.99 Å². The van der Waals surface area contributed by atoms with Crippen LogP contribution in [0.1, 0.15) is 16.8 Å². The molecule has 0 saturated heterocycles. The average molecular weight is 496 g/mol. The minimum absolute atomic E-state index is 0.0491. The standard InChI is InChI=1S/C17H16F3IN2O4/c18-12-3-2-11(17(26)23-27-6-5-10(25)8-24)16(15(12)20)22-14-4-1-9(21)7-13(14)19/h1-4,7,10,22,24-25H,5-6,8H2,(H,23,26). The number of carbonyl (C=O) groups excluding carboxylic acids is 1. The van der Waals surface area contributed by atoms with Crippen molar-refractivity contribution in [2.24, 2.45) is 0 Å². The Morgan fingerprint density at radius 3 is 2.59 bits per heavy atom. The second-order valence-electron chi connectivity index (χ2n) is 5.44. The van der Waals surface area contributed by atoms with Crippen LogP contribution < -0.4 is 10.8 Å². The molecule has 6 nitrogen and oxygen atoms in total. The fourth-order valence-electron chi connectivity index (χ4n) is 2.05. The first-order chi connectivity index (χ1) is 12.8. The van der Waals surface area contributed by atoms with Gasteiger partial charge in [-0.15, -0.1) is 0 Å². The molecule has 2 aromatic rings. The number of anilines is 2. The van der Waals surface area contributed by atoms with Gasteiger partial charge in [0.1, 0.15) is 5.82 Å². The molecule has 0 aliphatic carbocycles. The second-order valence-corrected chi connectivity index (χ2v) is 6.68. The molecule has 0 spiro atoms. The summed E-state index contributed by atoms with van der Waals surface area (Å²) in [5, 5.41) is 20.3. The van der Waals surface area contributed by atoms with Gasteiger partial charge < -0.3 is 15.5 Å². The van der Waals surface area contributed by atoms with Crippen LogP contribution in [0.4, 0.5) is 24.5 Å². The summed E-state index contributed by atoms with van der Waals surface area (Å²) in [6.45, 7) is -0.582. The van der Waals surface area contributed by atoms with Crippen molar-refractivity contribution in [1.82, 2.24) is 5.48 Å². The first-order valence-corrected chi connectivity index (χ1v) is 8.82. The Morgan fingerprint density at radius 2 is 1.93 bits per heavy atom. The molecular weight excluding hydrogens is 480 g/mol. The van der Waals surface area contributed by atoms with Crippen LogP contribution >= 0.6 is 22.6 Å². The van der Waals surface area contributed by atoms with Gasteiger partial charge in [-0.1, -0.05) is 0 Å². The van der Waals surface area contributed by atoms with E-state index in [-0.39, 0.29) is 24.3 Å². The molecule has 0 radical (unpaired) electrons. The van der Waals surface area contributed by atoms with Gasteiger partial charge in [-0.3, -0.25) is 9.63 Å². The molecule has 0 aliphatic heterocycles. The molecule has 0 bridgehead atoms. The largest absolute Gasteiger partial charge is 0.394 e. The third kappa shape index (κ3) is 5.79. The van der Waals surface area contributed by atoms with E-state index in [1.807, 2.05) is 28.1 Å². The van der Waals surface area contributed by atoms with Gasteiger partial charge in [-0.25, -0.2) is 18.7 Å². The number of hydrogen-bond acceptors (Lipinski definition) is 5. The van der Waals surface area contributed by atoms with Crippen LogP contribution in [0.25, 0.3) is 0 Å². The minimum atomic E-state index is -1.35. The zero-order valence-corrected chi connectivity index (χ0v) is 16.0. The number of amides is 1. The van der Waals surface area contributed by atoms with Crippen molar-refractivity contribution in [2.45, 2.75) is 12.5 Å². The zero-order chi connectivity index (χ0) is 20.0. The van der Waals surface area contributed by atoms with Gasteiger partial charge in [-0.2, -0.15) is 0 Å². The summed E-state index contributed by atoms with van der Waals surface area (Å²) in [7, 11) is 0. The van der Waals surface area contributed by atoms with Crippen molar-refractivity contribution in [2.75, 3.05) is 18.5 Å². The Labute approximate surface area is 166 Å². The first-order valence-electron chi connectivity index (χ1n) is 7.74. The average Bonchev–Trinajstić information content (AvgIpc) is 2.64. The lowest BCUT2D eigenvalue weighted by molar-refractivity contribution is 0.00704. The van der Waals surface area contributed by atoms with Gasteiger partial charge >= 0.3 is 0 Å². The molecule has 0 aliphatic rings. The number of halogens is 4. The molecule has 10 heteroatoms. The summed E-state index contributed by atoms with van der Waals surface area (Å²) in [6, 6.07) is 5.85. The Hall–Kier alpha value is -1.89. The second kappa shape index (κ2) is 9.88. The van der Waals surface area contributed by atoms with Crippen molar-refractivity contribution in [3.63, 3.8) is 0 Å². The van der Waals surface area contributed by atoms with Crippen molar-refractivity contribution in [3.05, 3.63) is 56.9 Å². The lowest BCUT2D eigenvalue weighted by Crippen LogP contribution is -2.27. The maximum absolute atomic E-state index is 14.2. The molecule has 1 unspecified atom stereocenters. The highest BCUT2D eigenvalue weighted by atomic mass is 127. The molecule has 2 aromatic carbocycles. The molecule has 2 rings (SSSR count). The molecule has 0 aromatic heterocycles. The van der Waals surface area contributed by atoms with Crippen molar-refractivity contribution in [3.8, 4) is 0 Å². The molecule has 0 fully saturated rings. The van der Waals surface area contributed by atoms with Gasteiger partial charge in [0.2, 0.25) is 0 Å². The number of carbonyl (C=O) groups is 1. The number of nitrogens with one attached hydrogen (secondary N) is 2. The molecule has 0 saturated carbocycles. The predicted molar refractivity (Wildman–Crippen MR) is 99.9 cm³/mol. The summed E-state index contributed by atoms with van der Waals surface area (Å²) in [4.78, 5) is 17.0. The van der Waals surface area contributed by atoms with Crippen LogP contribution in [0, 0.1) is 21.0 Å². The van der Waals surface area contributed by atoms with Crippen LogP contribution in [0.15, 0.2) is 30.3 Å². The van der Waals surface area contributed by atoms with Crippen LogP contribution in [0.3, 0.4) is 0 Å². The Bertz CT molecular complexity index is 823. The lowest BCUT2D eigenvalue weighted by Gasteiger charge is -2.14. The fourth-order valence-corrected chi connectivity index (χ4v) is 2.50. The molecule has 146 valence electrons. The zero-order valence-electron chi connectivity index (χ0n) is 13.8. The van der Waals surface area contributed by atoms with E-state index < -0.39 is 41.8 Å². The SMILES string of the molecule is O=C(NOCCC(O)CO)c1ccc(F)c(F)c1Nc1ccc(I)cc1F. The maximum Gasteiger partial charge on any atom is 0.277 e. The van der Waals surface area contributed by atoms with E-state index in [0.29, 0.717) is 3.57 Å². The van der Waals surface area contributed by atoms with E-state index in [0.717, 1.165) is 12.1 Å². The Morgan fingerprint density at radius 1 is 1.19 bits per heavy atom. The molecule has 1 amide bonds. The van der Waals surface area contributed by atoms with E-state index in [2.05, 4.69) is 5.32 Å². The van der Waals surface area contributed by atoms with E-state index in [1.165, 1.54) is 12.1 Å². The number of rotatable bonds is 8. The summed E-state index contributed by atoms with van der Waals surface area (Å²) < 4.78 is 42.4. The molecule has 4 N–H and O–H groups in total. The molecular formula is C17H16F3IN2O4. The molecule has 1 atom stereocenters. The smallest absolute Gasteiger partial charge is 0.277 e.